The van der Waals surface area contributed by atoms with Crippen LogP contribution in [0, 0.1) is 12.7 Å². The largest absolute Gasteiger partial charge is 0.307 e. The van der Waals surface area contributed by atoms with Gasteiger partial charge in [-0.05, 0) is 55.0 Å². The van der Waals surface area contributed by atoms with E-state index in [1.165, 1.54) is 11.1 Å². The third-order valence-corrected chi connectivity index (χ3v) is 4.23. The number of hydrogen-bond acceptors (Lipinski definition) is 1. The van der Waals surface area contributed by atoms with Crippen LogP contribution in [0.4, 0.5) is 4.39 Å². The van der Waals surface area contributed by atoms with E-state index in [1.807, 2.05) is 12.1 Å². The maximum Gasteiger partial charge on any atom is 0.126 e. The third kappa shape index (κ3) is 2.61. The van der Waals surface area contributed by atoms with Crippen LogP contribution in [0.15, 0.2) is 42.5 Å². The maximum absolute atomic E-state index is 13.6. The van der Waals surface area contributed by atoms with E-state index in [2.05, 4.69) is 36.5 Å². The van der Waals surface area contributed by atoms with Gasteiger partial charge in [0.1, 0.15) is 5.82 Å². The van der Waals surface area contributed by atoms with Gasteiger partial charge in [-0.2, -0.15) is 0 Å². The summed E-state index contributed by atoms with van der Waals surface area (Å²) in [5, 5.41) is 3.62. The van der Waals surface area contributed by atoms with Crippen LogP contribution in [-0.2, 0) is 12.8 Å². The minimum absolute atomic E-state index is 0.120. The average molecular weight is 269 g/mol. The van der Waals surface area contributed by atoms with Crippen molar-refractivity contribution in [3.63, 3.8) is 0 Å². The lowest BCUT2D eigenvalue weighted by Crippen LogP contribution is -2.32. The molecule has 2 aromatic carbocycles. The molecule has 1 N–H and O–H groups in total. The number of halogens is 1. The predicted molar refractivity (Wildman–Crippen MR) is 80.3 cm³/mol. The van der Waals surface area contributed by atoms with Gasteiger partial charge in [-0.3, -0.25) is 0 Å². The highest BCUT2D eigenvalue weighted by Gasteiger charge is 2.22. The molecule has 0 bridgehead atoms. The van der Waals surface area contributed by atoms with Crippen LogP contribution in [0.1, 0.15) is 35.2 Å². The summed E-state index contributed by atoms with van der Waals surface area (Å²) in [6.45, 7) is 3.90. The van der Waals surface area contributed by atoms with Crippen molar-refractivity contribution >= 4 is 0 Å². The zero-order valence-corrected chi connectivity index (χ0v) is 12.0. The van der Waals surface area contributed by atoms with E-state index >= 15 is 0 Å². The zero-order valence-electron chi connectivity index (χ0n) is 12.0. The Kier molecular flexibility index (Phi) is 3.58. The van der Waals surface area contributed by atoms with E-state index in [9.17, 15) is 4.39 Å². The number of benzene rings is 2. The molecule has 104 valence electrons. The van der Waals surface area contributed by atoms with Crippen molar-refractivity contribution in [1.82, 2.24) is 5.32 Å². The van der Waals surface area contributed by atoms with Crippen LogP contribution in [0.5, 0.6) is 0 Å². The molecular formula is C18H20FN. The van der Waals surface area contributed by atoms with Gasteiger partial charge in [0.15, 0.2) is 0 Å². The molecule has 0 aliphatic heterocycles. The summed E-state index contributed by atoms with van der Waals surface area (Å²) in [4.78, 5) is 0. The molecule has 3 rings (SSSR count). The second-order valence-corrected chi connectivity index (χ2v) is 5.77. The maximum atomic E-state index is 13.6. The summed E-state index contributed by atoms with van der Waals surface area (Å²) in [7, 11) is 0. The van der Waals surface area contributed by atoms with E-state index in [4.69, 9.17) is 0 Å². The fraction of sp³-hybridized carbons (Fsp3) is 0.333. The summed E-state index contributed by atoms with van der Waals surface area (Å²) in [6.07, 6.45) is 2.13. The molecule has 0 saturated carbocycles. The van der Waals surface area contributed by atoms with Gasteiger partial charge in [0.25, 0.3) is 0 Å². The van der Waals surface area contributed by atoms with E-state index < -0.39 is 0 Å². The molecule has 0 spiro atoms. The van der Waals surface area contributed by atoms with Crippen LogP contribution in [0.3, 0.4) is 0 Å². The highest BCUT2D eigenvalue weighted by Crippen LogP contribution is 2.24. The van der Waals surface area contributed by atoms with Gasteiger partial charge in [0, 0.05) is 12.1 Å². The van der Waals surface area contributed by atoms with Crippen LogP contribution >= 0.6 is 0 Å². The second-order valence-electron chi connectivity index (χ2n) is 5.77. The summed E-state index contributed by atoms with van der Waals surface area (Å²) in [6, 6.07) is 14.7. The molecular weight excluding hydrogens is 249 g/mol. The molecule has 0 radical (unpaired) electrons. The van der Waals surface area contributed by atoms with Gasteiger partial charge in [0.05, 0.1) is 0 Å². The smallest absolute Gasteiger partial charge is 0.126 e. The minimum Gasteiger partial charge on any atom is -0.307 e. The molecule has 0 fully saturated rings. The number of rotatable bonds is 3. The molecule has 1 nitrogen and oxygen atoms in total. The van der Waals surface area contributed by atoms with Crippen LogP contribution in [-0.4, -0.2) is 6.04 Å². The lowest BCUT2D eigenvalue weighted by atomic mass is 10.0. The molecule has 0 heterocycles. The normalized spacial score (nSPS) is 16.1. The number of fused-ring (bicyclic) bond motifs is 1. The van der Waals surface area contributed by atoms with Gasteiger partial charge < -0.3 is 5.32 Å². The van der Waals surface area contributed by atoms with Crippen molar-refractivity contribution < 1.29 is 4.39 Å². The Morgan fingerprint density at radius 3 is 2.35 bits per heavy atom. The topological polar surface area (TPSA) is 12.0 Å². The van der Waals surface area contributed by atoms with Crippen molar-refractivity contribution in [3.05, 3.63) is 70.5 Å². The molecule has 1 unspecified atom stereocenters. The number of nitrogens with one attached hydrogen (secondary N) is 1. The molecule has 1 atom stereocenters. The highest BCUT2D eigenvalue weighted by molar-refractivity contribution is 5.33. The molecule has 1 aliphatic carbocycles. The lowest BCUT2D eigenvalue weighted by molar-refractivity contribution is 0.465. The monoisotopic (exact) mass is 269 g/mol. The van der Waals surface area contributed by atoms with E-state index in [0.717, 1.165) is 18.4 Å². The fourth-order valence-electron chi connectivity index (χ4n) is 3.00. The summed E-state index contributed by atoms with van der Waals surface area (Å²) >= 11 is 0. The zero-order chi connectivity index (χ0) is 14.1. The second kappa shape index (κ2) is 5.37. The van der Waals surface area contributed by atoms with Crippen LogP contribution in [0.2, 0.25) is 0 Å². The first-order chi connectivity index (χ1) is 9.63. The first-order valence-corrected chi connectivity index (χ1v) is 7.22. The predicted octanol–water partition coefficient (Wildman–Crippen LogP) is 3.95. The van der Waals surface area contributed by atoms with Gasteiger partial charge in [-0.25, -0.2) is 4.39 Å². The number of aryl methyl sites for hydroxylation is 1. The Bertz CT molecular complexity index is 596. The molecule has 2 heteroatoms. The summed E-state index contributed by atoms with van der Waals surface area (Å²) < 4.78 is 13.6. The standard InChI is InChI=1S/C18H20FN/c1-12-7-8-14(11-18(12)19)13(2)20-17-9-15-5-3-4-6-16(15)10-17/h3-8,11,13,17,20H,9-10H2,1-2H3. The van der Waals surface area contributed by atoms with E-state index in [0.29, 0.717) is 11.6 Å². The third-order valence-electron chi connectivity index (χ3n) is 4.23. The van der Waals surface area contributed by atoms with Crippen molar-refractivity contribution in [1.29, 1.82) is 0 Å². The van der Waals surface area contributed by atoms with Crippen LogP contribution < -0.4 is 5.32 Å². The van der Waals surface area contributed by atoms with Crippen molar-refractivity contribution in [2.75, 3.05) is 0 Å². The average Bonchev–Trinajstić information content (AvgIpc) is 2.83. The SMILES string of the molecule is Cc1ccc(C(C)NC2Cc3ccccc3C2)cc1F. The van der Waals surface area contributed by atoms with Crippen LogP contribution in [0.25, 0.3) is 0 Å². The van der Waals surface area contributed by atoms with Gasteiger partial charge in [-0.15, -0.1) is 0 Å². The first-order valence-electron chi connectivity index (χ1n) is 7.22. The quantitative estimate of drug-likeness (QED) is 0.889. The highest BCUT2D eigenvalue weighted by atomic mass is 19.1. The Hall–Kier alpha value is -1.67. The molecule has 2 aromatic rings. The van der Waals surface area contributed by atoms with E-state index in [1.54, 1.807) is 13.0 Å². The Morgan fingerprint density at radius 2 is 1.75 bits per heavy atom. The Balaban J connectivity index is 1.68. The summed E-state index contributed by atoms with van der Waals surface area (Å²) in [5.41, 5.74) is 4.60. The summed E-state index contributed by atoms with van der Waals surface area (Å²) in [5.74, 6) is -0.120. The first kappa shape index (κ1) is 13.3. The Labute approximate surface area is 119 Å². The number of hydrogen-bond donors (Lipinski definition) is 1. The van der Waals surface area contributed by atoms with E-state index in [-0.39, 0.29) is 11.9 Å². The molecule has 1 aliphatic rings. The lowest BCUT2D eigenvalue weighted by Gasteiger charge is -2.20. The van der Waals surface area contributed by atoms with Crippen molar-refractivity contribution in [3.8, 4) is 0 Å². The molecule has 0 amide bonds. The van der Waals surface area contributed by atoms with Gasteiger partial charge >= 0.3 is 0 Å². The molecule has 0 saturated heterocycles. The van der Waals surface area contributed by atoms with Gasteiger partial charge in [0.2, 0.25) is 0 Å². The minimum atomic E-state index is -0.120. The molecule has 0 aromatic heterocycles. The van der Waals surface area contributed by atoms with Crippen molar-refractivity contribution in [2.24, 2.45) is 0 Å². The van der Waals surface area contributed by atoms with Crippen molar-refractivity contribution in [2.45, 2.75) is 38.8 Å². The Morgan fingerprint density at radius 1 is 1.10 bits per heavy atom. The molecule has 20 heavy (non-hydrogen) atoms. The fourth-order valence-corrected chi connectivity index (χ4v) is 3.00. The van der Waals surface area contributed by atoms with Gasteiger partial charge in [-0.1, -0.05) is 36.4 Å².